The van der Waals surface area contributed by atoms with Gasteiger partial charge in [-0.3, -0.25) is 14.5 Å². The number of hydrogen-bond donors (Lipinski definition) is 4. The summed E-state index contributed by atoms with van der Waals surface area (Å²) in [5, 5.41) is 14.3. The van der Waals surface area contributed by atoms with Gasteiger partial charge < -0.3 is 25.5 Å². The Labute approximate surface area is 240 Å². The van der Waals surface area contributed by atoms with Crippen molar-refractivity contribution in [2.24, 2.45) is 5.92 Å². The van der Waals surface area contributed by atoms with E-state index in [-0.39, 0.29) is 23.6 Å². The van der Waals surface area contributed by atoms with Crippen LogP contribution in [-0.2, 0) is 19.1 Å². The lowest BCUT2D eigenvalue weighted by molar-refractivity contribution is -0.131. The minimum Gasteiger partial charge on any atom is -0.478 e. The van der Waals surface area contributed by atoms with Crippen molar-refractivity contribution in [3.63, 3.8) is 0 Å². The summed E-state index contributed by atoms with van der Waals surface area (Å²) < 4.78 is 19.4. The Kier molecular flexibility index (Phi) is 11.2. The summed E-state index contributed by atoms with van der Waals surface area (Å²) in [5.41, 5.74) is 5.82. The molecule has 0 aromatic carbocycles. The van der Waals surface area contributed by atoms with Crippen molar-refractivity contribution >= 4 is 29.4 Å². The summed E-state index contributed by atoms with van der Waals surface area (Å²) in [4.78, 5) is 38.1. The predicted molar refractivity (Wildman–Crippen MR) is 158 cm³/mol. The van der Waals surface area contributed by atoms with Gasteiger partial charge in [-0.05, 0) is 62.1 Å². The van der Waals surface area contributed by atoms with E-state index in [9.17, 15) is 18.8 Å². The maximum absolute atomic E-state index is 14.0. The number of carboxylic acid groups (broad SMARTS) is 1. The lowest BCUT2D eigenvalue weighted by atomic mass is 10.0. The average molecular weight is 567 g/mol. The highest BCUT2D eigenvalue weighted by Gasteiger charge is 2.31. The Morgan fingerprint density at radius 3 is 2.63 bits per heavy atom. The third-order valence-electron chi connectivity index (χ3n) is 6.89. The highest BCUT2D eigenvalue weighted by Crippen LogP contribution is 2.31. The zero-order valence-corrected chi connectivity index (χ0v) is 24.1. The third-order valence-corrected chi connectivity index (χ3v) is 6.89. The van der Waals surface area contributed by atoms with Crippen molar-refractivity contribution in [1.29, 1.82) is 0 Å². The molecule has 2 atom stereocenters. The largest absolute Gasteiger partial charge is 0.478 e. The molecule has 3 aliphatic rings. The molecular formula is C31H39FN4O5. The lowest BCUT2D eigenvalue weighted by Crippen LogP contribution is -2.40. The number of carbonyl (C=O) groups is 3. The van der Waals surface area contributed by atoms with Crippen molar-refractivity contribution < 1.29 is 28.6 Å². The van der Waals surface area contributed by atoms with Crippen molar-refractivity contribution in [2.45, 2.75) is 33.7 Å². The molecule has 1 amide bonds. The first kappa shape index (κ1) is 31.5. The molecule has 9 nitrogen and oxygen atoms in total. The maximum atomic E-state index is 14.0. The number of ether oxygens (including phenoxy) is 1. The summed E-state index contributed by atoms with van der Waals surface area (Å²) in [7, 11) is 0. The van der Waals surface area contributed by atoms with Crippen LogP contribution < -0.4 is 10.6 Å². The Hall–Kier alpha value is -4.02. The van der Waals surface area contributed by atoms with Crippen LogP contribution in [0.3, 0.4) is 0 Å². The van der Waals surface area contributed by atoms with Crippen molar-refractivity contribution in [2.75, 3.05) is 39.4 Å². The molecule has 0 bridgehead atoms. The molecule has 41 heavy (non-hydrogen) atoms. The fourth-order valence-electron chi connectivity index (χ4n) is 4.90. The van der Waals surface area contributed by atoms with E-state index >= 15 is 0 Å². The van der Waals surface area contributed by atoms with E-state index in [1.807, 2.05) is 19.9 Å². The summed E-state index contributed by atoms with van der Waals surface area (Å²) >= 11 is 0. The van der Waals surface area contributed by atoms with Gasteiger partial charge in [0.25, 0.3) is 5.91 Å². The second kappa shape index (κ2) is 14.6. The zero-order valence-electron chi connectivity index (χ0n) is 24.1. The Balaban J connectivity index is 0.000000507. The van der Waals surface area contributed by atoms with Crippen molar-refractivity contribution in [1.82, 2.24) is 20.5 Å². The van der Waals surface area contributed by atoms with Gasteiger partial charge in [-0.25, -0.2) is 9.18 Å². The molecule has 3 heterocycles. The lowest BCUT2D eigenvalue weighted by Gasteiger charge is -2.29. The van der Waals surface area contributed by atoms with Gasteiger partial charge >= 0.3 is 5.97 Å². The van der Waals surface area contributed by atoms with Gasteiger partial charge in [-0.1, -0.05) is 25.7 Å². The van der Waals surface area contributed by atoms with Crippen LogP contribution in [0.15, 0.2) is 60.0 Å². The van der Waals surface area contributed by atoms with Gasteiger partial charge in [-0.2, -0.15) is 0 Å². The number of H-pyrrole nitrogens is 1. The van der Waals surface area contributed by atoms with Gasteiger partial charge in [0, 0.05) is 60.5 Å². The molecule has 220 valence electrons. The fourth-order valence-corrected chi connectivity index (χ4v) is 4.90. The smallest absolute Gasteiger partial charge is 0.328 e. The standard InChI is InChI=1S/C26H33FN4O2.C5H6O3/c1-16(15-31-8-10-33-11-9-31)14-28-18(3)25-17(2)24(29-19(25)4)13-22-21-12-20(27)6-5-7-23(21)30-26(22)32;1-4(6)2-3-5(7)8/h5-7,12-13,16,23,28-29H,3,8-11,14-15H2,1-2,4H3,(H,30,32);2-3H,1H3,(H,7,8)/b22-13-;3-2-/t16-,23?;/m0./s1. The maximum Gasteiger partial charge on any atom is 0.328 e. The van der Waals surface area contributed by atoms with E-state index in [0.717, 1.165) is 79.8 Å². The number of rotatable bonds is 9. The zero-order chi connectivity index (χ0) is 30.1. The number of carboxylic acids is 1. The van der Waals surface area contributed by atoms with E-state index in [2.05, 4.69) is 34.0 Å². The minimum atomic E-state index is -1.10. The molecule has 2 saturated heterocycles. The molecule has 1 aliphatic carbocycles. The minimum absolute atomic E-state index is 0.201. The summed E-state index contributed by atoms with van der Waals surface area (Å²) in [6, 6.07) is -0.311. The number of allylic oxidation sites excluding steroid dienone is 5. The van der Waals surface area contributed by atoms with E-state index in [1.54, 1.807) is 12.2 Å². The third kappa shape index (κ3) is 8.99. The SMILES string of the molecule is C=C(NC[C@H](C)CN1CCOCC1)c1c(C)[nH]c(/C=C2\C(=O)NC3C=CC=C(F)C=C23)c1C.CC(=O)/C=C\C(=O)O. The second-order valence-corrected chi connectivity index (χ2v) is 10.4. The van der Waals surface area contributed by atoms with Crippen LogP contribution in [0, 0.1) is 19.8 Å². The first-order valence-corrected chi connectivity index (χ1v) is 13.6. The Morgan fingerprint density at radius 2 is 2.00 bits per heavy atom. The van der Waals surface area contributed by atoms with Crippen LogP contribution in [0.2, 0.25) is 0 Å². The van der Waals surface area contributed by atoms with Crippen LogP contribution in [0.5, 0.6) is 0 Å². The number of ketones is 1. The normalized spacial score (nSPS) is 20.4. The Morgan fingerprint density at radius 1 is 1.29 bits per heavy atom. The Bertz CT molecular complexity index is 1310. The van der Waals surface area contributed by atoms with Gasteiger partial charge in [0.05, 0.1) is 19.3 Å². The van der Waals surface area contributed by atoms with Gasteiger partial charge in [0.15, 0.2) is 5.78 Å². The molecule has 4 rings (SSSR count). The van der Waals surface area contributed by atoms with Crippen molar-refractivity contribution in [3.05, 3.63) is 82.5 Å². The number of aryl methyl sites for hydroxylation is 1. The molecule has 10 heteroatoms. The van der Waals surface area contributed by atoms with Crippen LogP contribution in [0.4, 0.5) is 4.39 Å². The van der Waals surface area contributed by atoms with Crippen LogP contribution in [0.1, 0.15) is 36.4 Å². The number of carbonyl (C=O) groups excluding carboxylic acids is 2. The molecular weight excluding hydrogens is 527 g/mol. The average Bonchev–Trinajstić information content (AvgIpc) is 3.27. The highest BCUT2D eigenvalue weighted by molar-refractivity contribution is 6.06. The molecule has 0 radical (unpaired) electrons. The first-order valence-electron chi connectivity index (χ1n) is 13.6. The van der Waals surface area contributed by atoms with E-state index in [1.165, 1.54) is 19.1 Å². The molecule has 1 aromatic rings. The number of nitrogens with one attached hydrogen (secondary N) is 3. The van der Waals surface area contributed by atoms with Gasteiger partial charge in [-0.15, -0.1) is 0 Å². The quantitative estimate of drug-likeness (QED) is 0.337. The first-order chi connectivity index (χ1) is 19.5. The number of morpholine rings is 1. The van der Waals surface area contributed by atoms with E-state index in [0.29, 0.717) is 17.1 Å². The monoisotopic (exact) mass is 566 g/mol. The van der Waals surface area contributed by atoms with Crippen LogP contribution in [-0.4, -0.2) is 78.1 Å². The number of halogens is 1. The fraction of sp³-hybridized carbons (Fsp3) is 0.387. The molecule has 2 fully saturated rings. The molecule has 2 aliphatic heterocycles. The molecule has 0 spiro atoms. The summed E-state index contributed by atoms with van der Waals surface area (Å²) in [5.74, 6) is -1.45. The number of fused-ring (bicyclic) bond motifs is 1. The van der Waals surface area contributed by atoms with Gasteiger partial charge in [0.2, 0.25) is 0 Å². The molecule has 1 unspecified atom stereocenters. The van der Waals surface area contributed by atoms with Crippen LogP contribution >= 0.6 is 0 Å². The molecule has 4 N–H and O–H groups in total. The van der Waals surface area contributed by atoms with Gasteiger partial charge in [0.1, 0.15) is 5.83 Å². The number of aromatic amines is 1. The predicted octanol–water partition coefficient (Wildman–Crippen LogP) is 3.61. The van der Waals surface area contributed by atoms with Crippen LogP contribution in [0.25, 0.3) is 11.8 Å². The number of aliphatic carboxylic acids is 1. The molecule has 1 aromatic heterocycles. The summed E-state index contributed by atoms with van der Waals surface area (Å²) in [6.45, 7) is 17.3. The number of aromatic nitrogens is 1. The number of hydrogen-bond acceptors (Lipinski definition) is 6. The van der Waals surface area contributed by atoms with E-state index < -0.39 is 5.97 Å². The highest BCUT2D eigenvalue weighted by atomic mass is 19.1. The molecule has 0 saturated carbocycles. The summed E-state index contributed by atoms with van der Waals surface area (Å²) in [6.07, 6.45) is 9.87. The topological polar surface area (TPSA) is 124 Å². The van der Waals surface area contributed by atoms with E-state index in [4.69, 9.17) is 9.84 Å². The second-order valence-electron chi connectivity index (χ2n) is 10.4. The van der Waals surface area contributed by atoms with Crippen molar-refractivity contribution in [3.8, 4) is 0 Å². The number of amides is 1. The number of nitrogens with zero attached hydrogens (tertiary/aromatic N) is 1.